The minimum absolute atomic E-state index is 0.365. The van der Waals surface area contributed by atoms with Crippen molar-refractivity contribution in [3.8, 4) is 0 Å². The summed E-state index contributed by atoms with van der Waals surface area (Å²) in [6.45, 7) is 8.66. The molecule has 0 aliphatic carbocycles. The van der Waals surface area contributed by atoms with E-state index in [2.05, 4.69) is 28.9 Å². The van der Waals surface area contributed by atoms with Gasteiger partial charge in [-0.05, 0) is 18.6 Å². The zero-order chi connectivity index (χ0) is 14.4. The smallest absolute Gasteiger partial charge is 0.0900 e. The first-order valence-electron chi connectivity index (χ1n) is 7.40. The van der Waals surface area contributed by atoms with E-state index >= 15 is 0 Å². The highest BCUT2D eigenvalue weighted by atomic mass is 32.1. The van der Waals surface area contributed by atoms with Crippen LogP contribution in [0.15, 0.2) is 12.1 Å². The number of aliphatic hydroxyl groups is 1. The molecule has 1 aliphatic rings. The Balaban J connectivity index is 1.71. The van der Waals surface area contributed by atoms with E-state index in [4.69, 9.17) is 4.74 Å². The van der Waals surface area contributed by atoms with Crippen molar-refractivity contribution in [1.29, 1.82) is 0 Å². The highest BCUT2D eigenvalue weighted by Gasteiger charge is 2.19. The van der Waals surface area contributed by atoms with Crippen molar-refractivity contribution in [1.82, 2.24) is 9.80 Å². The normalized spacial score (nSPS) is 19.4. The van der Waals surface area contributed by atoms with Gasteiger partial charge in [-0.1, -0.05) is 6.92 Å². The topological polar surface area (TPSA) is 35.9 Å². The molecule has 0 aromatic carbocycles. The van der Waals surface area contributed by atoms with Crippen LogP contribution in [0.2, 0.25) is 0 Å². The van der Waals surface area contributed by atoms with Crippen molar-refractivity contribution in [2.24, 2.45) is 0 Å². The van der Waals surface area contributed by atoms with Gasteiger partial charge in [0.1, 0.15) is 0 Å². The number of hydrogen-bond donors (Lipinski definition) is 1. The lowest BCUT2D eigenvalue weighted by Gasteiger charge is -2.35. The minimum atomic E-state index is -0.365. The number of rotatable bonds is 7. The van der Waals surface area contributed by atoms with Crippen LogP contribution in [0.1, 0.15) is 16.7 Å². The Morgan fingerprint density at radius 1 is 1.20 bits per heavy atom. The maximum Gasteiger partial charge on any atom is 0.0900 e. The van der Waals surface area contributed by atoms with Crippen LogP contribution in [0.5, 0.6) is 0 Å². The second-order valence-corrected chi connectivity index (χ2v) is 6.66. The first kappa shape index (κ1) is 15.9. The number of nitrogens with zero attached hydrogens (tertiary/aromatic N) is 2. The van der Waals surface area contributed by atoms with Crippen LogP contribution < -0.4 is 0 Å². The molecule has 1 aromatic heterocycles. The number of β-amino-alcohol motifs (C(OH)–C–C–N with tert-alkyl or cyclic N) is 1. The van der Waals surface area contributed by atoms with Gasteiger partial charge in [0.15, 0.2) is 0 Å². The quantitative estimate of drug-likeness (QED) is 0.826. The van der Waals surface area contributed by atoms with Crippen LogP contribution in [0, 0.1) is 0 Å². The molecule has 2 rings (SSSR count). The molecule has 2 heterocycles. The molecule has 1 aromatic rings. The highest BCUT2D eigenvalue weighted by molar-refractivity contribution is 7.11. The number of hydrogen-bond acceptors (Lipinski definition) is 5. The zero-order valence-electron chi connectivity index (χ0n) is 12.5. The van der Waals surface area contributed by atoms with E-state index in [9.17, 15) is 5.11 Å². The molecule has 0 unspecified atom stereocenters. The third-order valence-corrected chi connectivity index (χ3v) is 4.95. The van der Waals surface area contributed by atoms with Gasteiger partial charge in [0.25, 0.3) is 0 Å². The van der Waals surface area contributed by atoms with Crippen LogP contribution >= 0.6 is 11.3 Å². The summed E-state index contributed by atoms with van der Waals surface area (Å²) >= 11 is 1.93. The summed E-state index contributed by atoms with van der Waals surface area (Å²) in [4.78, 5) is 7.77. The fourth-order valence-electron chi connectivity index (χ4n) is 2.59. The molecule has 0 radical (unpaired) electrons. The van der Waals surface area contributed by atoms with Crippen LogP contribution in [-0.4, -0.2) is 67.5 Å². The van der Waals surface area contributed by atoms with Crippen LogP contribution in [0.4, 0.5) is 0 Å². The number of ether oxygens (including phenoxy) is 1. The Morgan fingerprint density at radius 3 is 2.45 bits per heavy atom. The third-order valence-electron chi connectivity index (χ3n) is 3.74. The Labute approximate surface area is 126 Å². The lowest BCUT2D eigenvalue weighted by molar-refractivity contribution is 0.0231. The molecule has 1 N–H and O–H groups in total. The largest absolute Gasteiger partial charge is 0.389 e. The van der Waals surface area contributed by atoms with Gasteiger partial charge in [0.05, 0.1) is 12.7 Å². The summed E-state index contributed by atoms with van der Waals surface area (Å²) in [6.07, 6.45) is 0.770. The summed E-state index contributed by atoms with van der Waals surface area (Å²) in [5.74, 6) is 0. The van der Waals surface area contributed by atoms with Gasteiger partial charge >= 0.3 is 0 Å². The second-order valence-electron chi connectivity index (χ2n) is 5.41. The van der Waals surface area contributed by atoms with E-state index in [1.807, 2.05) is 11.3 Å². The van der Waals surface area contributed by atoms with Gasteiger partial charge in [-0.25, -0.2) is 0 Å². The summed E-state index contributed by atoms with van der Waals surface area (Å²) in [5, 5.41) is 9.75. The lowest BCUT2D eigenvalue weighted by Crippen LogP contribution is -2.48. The van der Waals surface area contributed by atoms with Gasteiger partial charge in [0, 0.05) is 56.1 Å². The molecule has 0 amide bonds. The summed E-state index contributed by atoms with van der Waals surface area (Å²) < 4.78 is 4.97. The van der Waals surface area contributed by atoms with Crippen LogP contribution in [0.25, 0.3) is 0 Å². The molecule has 5 heteroatoms. The van der Waals surface area contributed by atoms with Crippen molar-refractivity contribution >= 4 is 11.3 Å². The fraction of sp³-hybridized carbons (Fsp3) is 0.733. The molecule has 20 heavy (non-hydrogen) atoms. The molecule has 0 bridgehead atoms. The Kier molecular flexibility index (Phi) is 6.45. The average molecular weight is 298 g/mol. The van der Waals surface area contributed by atoms with Crippen molar-refractivity contribution in [3.63, 3.8) is 0 Å². The fourth-order valence-corrected chi connectivity index (χ4v) is 3.59. The molecule has 0 saturated carbocycles. The van der Waals surface area contributed by atoms with Crippen LogP contribution in [-0.2, 0) is 17.7 Å². The van der Waals surface area contributed by atoms with Gasteiger partial charge in [0.2, 0.25) is 0 Å². The van der Waals surface area contributed by atoms with Gasteiger partial charge < -0.3 is 9.84 Å². The first-order valence-corrected chi connectivity index (χ1v) is 8.22. The summed E-state index contributed by atoms with van der Waals surface area (Å²) in [5.41, 5.74) is 0. The SMILES string of the molecule is CCc1ccc(CN2CCN(C[C@H](O)COC)CC2)s1. The third kappa shape index (κ3) is 4.82. The van der Waals surface area contributed by atoms with Crippen molar-refractivity contribution in [2.75, 3.05) is 46.4 Å². The first-order chi connectivity index (χ1) is 9.71. The molecule has 1 saturated heterocycles. The van der Waals surface area contributed by atoms with Gasteiger partial charge in [-0.3, -0.25) is 9.80 Å². The van der Waals surface area contributed by atoms with E-state index < -0.39 is 0 Å². The minimum Gasteiger partial charge on any atom is -0.389 e. The van der Waals surface area contributed by atoms with Crippen molar-refractivity contribution in [3.05, 3.63) is 21.9 Å². The Bertz CT molecular complexity index is 389. The average Bonchev–Trinajstić information content (AvgIpc) is 2.89. The molecule has 114 valence electrons. The second kappa shape index (κ2) is 8.10. The van der Waals surface area contributed by atoms with E-state index in [1.165, 1.54) is 9.75 Å². The molecule has 4 nitrogen and oxygen atoms in total. The maximum atomic E-state index is 9.75. The number of aryl methyl sites for hydroxylation is 1. The monoisotopic (exact) mass is 298 g/mol. The summed E-state index contributed by atoms with van der Waals surface area (Å²) in [6, 6.07) is 4.51. The van der Waals surface area contributed by atoms with E-state index in [1.54, 1.807) is 7.11 Å². The van der Waals surface area contributed by atoms with Crippen molar-refractivity contribution < 1.29 is 9.84 Å². The van der Waals surface area contributed by atoms with Gasteiger partial charge in [-0.15, -0.1) is 11.3 Å². The Morgan fingerprint density at radius 2 is 1.85 bits per heavy atom. The predicted molar refractivity (Wildman–Crippen MR) is 83.3 cm³/mol. The standard InChI is InChI=1S/C15H26N2O2S/c1-3-14-4-5-15(20-14)11-17-8-6-16(7-9-17)10-13(18)12-19-2/h4-5,13,18H,3,6-12H2,1-2H3/t13-/m0/s1. The van der Waals surface area contributed by atoms with Crippen LogP contribution in [0.3, 0.4) is 0 Å². The maximum absolute atomic E-state index is 9.75. The van der Waals surface area contributed by atoms with E-state index in [-0.39, 0.29) is 6.10 Å². The molecular formula is C15H26N2O2S. The van der Waals surface area contributed by atoms with Gasteiger partial charge in [-0.2, -0.15) is 0 Å². The van der Waals surface area contributed by atoms with E-state index in [0.29, 0.717) is 6.61 Å². The van der Waals surface area contributed by atoms with E-state index in [0.717, 1.165) is 45.7 Å². The number of thiophene rings is 1. The molecule has 0 spiro atoms. The lowest BCUT2D eigenvalue weighted by atomic mass is 10.2. The Hall–Kier alpha value is -0.460. The van der Waals surface area contributed by atoms with Crippen molar-refractivity contribution in [2.45, 2.75) is 26.0 Å². The number of methoxy groups -OCH3 is 1. The summed E-state index contributed by atoms with van der Waals surface area (Å²) in [7, 11) is 1.63. The molecule has 1 atom stereocenters. The number of aliphatic hydroxyl groups excluding tert-OH is 1. The molecule has 1 aliphatic heterocycles. The predicted octanol–water partition coefficient (Wildman–Crippen LogP) is 1.44. The zero-order valence-corrected chi connectivity index (χ0v) is 13.4. The highest BCUT2D eigenvalue weighted by Crippen LogP contribution is 2.19. The number of piperazine rings is 1. The molecule has 1 fully saturated rings. The molecular weight excluding hydrogens is 272 g/mol.